The van der Waals surface area contributed by atoms with E-state index >= 15 is 0 Å². The van der Waals surface area contributed by atoms with Crippen LogP contribution in [0.5, 0.6) is 0 Å². The molecule has 0 fully saturated rings. The number of alkyl halides is 1. The molecule has 0 radical (unpaired) electrons. The molecule has 0 atom stereocenters. The van der Waals surface area contributed by atoms with E-state index < -0.39 is 10.1 Å². The van der Waals surface area contributed by atoms with Crippen molar-refractivity contribution in [3.8, 4) is 0 Å². The lowest BCUT2D eigenvalue weighted by molar-refractivity contribution is 0.319. The van der Waals surface area contributed by atoms with Crippen molar-refractivity contribution in [1.82, 2.24) is 0 Å². The van der Waals surface area contributed by atoms with E-state index in [1.165, 1.54) is 6.92 Å². The standard InChI is InChI=1S/C5H11ClO3S/c1-2-10(7,8)9-5-3-4-6/h2-5H2,1H3. The molecule has 0 saturated carbocycles. The second-order valence-corrected chi connectivity index (χ2v) is 4.02. The molecule has 0 bridgehead atoms. The summed E-state index contributed by atoms with van der Waals surface area (Å²) in [5, 5.41) is 0. The molecule has 0 aliphatic rings. The van der Waals surface area contributed by atoms with Gasteiger partial charge in [-0.15, -0.1) is 11.6 Å². The fourth-order valence-corrected chi connectivity index (χ4v) is 0.971. The van der Waals surface area contributed by atoms with Crippen LogP contribution in [0.15, 0.2) is 0 Å². The molecule has 0 spiro atoms. The van der Waals surface area contributed by atoms with Gasteiger partial charge < -0.3 is 0 Å². The topological polar surface area (TPSA) is 43.4 Å². The molecule has 5 heteroatoms. The van der Waals surface area contributed by atoms with Crippen LogP contribution in [-0.4, -0.2) is 26.7 Å². The predicted octanol–water partition coefficient (Wildman–Crippen LogP) is 0.982. The molecule has 0 amide bonds. The molecule has 0 unspecified atom stereocenters. The van der Waals surface area contributed by atoms with Crippen LogP contribution in [0.3, 0.4) is 0 Å². The minimum absolute atomic E-state index is 0.0231. The summed E-state index contributed by atoms with van der Waals surface area (Å²) < 4.78 is 25.7. The molecule has 62 valence electrons. The van der Waals surface area contributed by atoms with Gasteiger partial charge in [0.25, 0.3) is 10.1 Å². The summed E-state index contributed by atoms with van der Waals surface area (Å²) in [6.45, 7) is 1.73. The van der Waals surface area contributed by atoms with Crippen molar-refractivity contribution in [2.75, 3.05) is 18.2 Å². The first-order valence-electron chi connectivity index (χ1n) is 3.05. The molecule has 0 rings (SSSR count). The Morgan fingerprint density at radius 3 is 2.50 bits per heavy atom. The minimum Gasteiger partial charge on any atom is -0.270 e. The van der Waals surface area contributed by atoms with Gasteiger partial charge in [-0.05, 0) is 13.3 Å². The van der Waals surface area contributed by atoms with Gasteiger partial charge in [-0.25, -0.2) is 0 Å². The van der Waals surface area contributed by atoms with Crippen molar-refractivity contribution < 1.29 is 12.6 Å². The van der Waals surface area contributed by atoms with Crippen molar-refractivity contribution in [3.63, 3.8) is 0 Å². The number of hydrogen-bond donors (Lipinski definition) is 0. The monoisotopic (exact) mass is 186 g/mol. The number of rotatable bonds is 5. The Hall–Kier alpha value is 0.200. The van der Waals surface area contributed by atoms with Gasteiger partial charge in [-0.2, -0.15) is 8.42 Å². The van der Waals surface area contributed by atoms with Gasteiger partial charge >= 0.3 is 0 Å². The van der Waals surface area contributed by atoms with E-state index in [0.717, 1.165) is 0 Å². The summed E-state index contributed by atoms with van der Waals surface area (Å²) in [6.07, 6.45) is 0.570. The zero-order valence-corrected chi connectivity index (χ0v) is 7.41. The van der Waals surface area contributed by atoms with E-state index in [2.05, 4.69) is 4.18 Å². The van der Waals surface area contributed by atoms with Crippen LogP contribution >= 0.6 is 11.6 Å². The molecule has 0 aromatic heterocycles. The summed E-state index contributed by atoms with van der Waals surface area (Å²) in [4.78, 5) is 0. The molecule has 0 N–H and O–H groups in total. The Morgan fingerprint density at radius 1 is 1.50 bits per heavy atom. The molecular formula is C5H11ClO3S. The maximum Gasteiger partial charge on any atom is 0.267 e. The van der Waals surface area contributed by atoms with E-state index in [0.29, 0.717) is 12.3 Å². The highest BCUT2D eigenvalue weighted by molar-refractivity contribution is 7.86. The third kappa shape index (κ3) is 5.02. The Bertz CT molecular complexity index is 164. The van der Waals surface area contributed by atoms with Gasteiger partial charge in [0.2, 0.25) is 0 Å². The lowest BCUT2D eigenvalue weighted by atomic mass is 10.5. The van der Waals surface area contributed by atoms with Crippen molar-refractivity contribution in [2.45, 2.75) is 13.3 Å². The molecular weight excluding hydrogens is 176 g/mol. The maximum atomic E-state index is 10.6. The third-order valence-corrected chi connectivity index (χ3v) is 2.39. The molecule has 0 aromatic carbocycles. The lowest BCUT2D eigenvalue weighted by Crippen LogP contribution is -2.09. The van der Waals surface area contributed by atoms with Crippen LogP contribution < -0.4 is 0 Å². The Morgan fingerprint density at radius 2 is 2.10 bits per heavy atom. The molecule has 0 aromatic rings. The molecule has 3 nitrogen and oxygen atoms in total. The summed E-state index contributed by atoms with van der Waals surface area (Å²) in [7, 11) is -3.25. The Balaban J connectivity index is 3.49. The maximum absolute atomic E-state index is 10.6. The average Bonchev–Trinajstić information content (AvgIpc) is 1.89. The molecule has 0 saturated heterocycles. The van der Waals surface area contributed by atoms with E-state index in [9.17, 15) is 8.42 Å². The van der Waals surface area contributed by atoms with Crippen molar-refractivity contribution in [2.24, 2.45) is 0 Å². The van der Waals surface area contributed by atoms with Crippen LogP contribution in [-0.2, 0) is 14.3 Å². The summed E-state index contributed by atoms with van der Waals surface area (Å²) in [5.74, 6) is 0.453. The number of hydrogen-bond acceptors (Lipinski definition) is 3. The highest BCUT2D eigenvalue weighted by Gasteiger charge is 2.05. The van der Waals surface area contributed by atoms with Gasteiger partial charge in [-0.1, -0.05) is 0 Å². The fraction of sp³-hybridized carbons (Fsp3) is 1.00. The average molecular weight is 187 g/mol. The minimum atomic E-state index is -3.25. The molecule has 10 heavy (non-hydrogen) atoms. The molecule has 0 aliphatic carbocycles. The van der Waals surface area contributed by atoms with E-state index in [4.69, 9.17) is 11.6 Å². The van der Waals surface area contributed by atoms with Gasteiger partial charge in [0, 0.05) is 5.88 Å². The Labute approximate surface area is 66.5 Å². The van der Waals surface area contributed by atoms with E-state index in [1.807, 2.05) is 0 Å². The van der Waals surface area contributed by atoms with Crippen LogP contribution in [0.1, 0.15) is 13.3 Å². The van der Waals surface area contributed by atoms with Gasteiger partial charge in [0.15, 0.2) is 0 Å². The van der Waals surface area contributed by atoms with E-state index in [-0.39, 0.29) is 12.4 Å². The zero-order valence-electron chi connectivity index (χ0n) is 5.84. The third-order valence-electron chi connectivity index (χ3n) is 0.894. The highest BCUT2D eigenvalue weighted by atomic mass is 35.5. The highest BCUT2D eigenvalue weighted by Crippen LogP contribution is 1.94. The van der Waals surface area contributed by atoms with Crippen LogP contribution in [0.2, 0.25) is 0 Å². The second kappa shape index (κ2) is 4.93. The predicted molar refractivity (Wildman–Crippen MR) is 40.7 cm³/mol. The normalized spacial score (nSPS) is 11.8. The summed E-state index contributed by atoms with van der Waals surface area (Å²) >= 11 is 5.30. The van der Waals surface area contributed by atoms with Crippen LogP contribution in [0.4, 0.5) is 0 Å². The summed E-state index contributed by atoms with van der Waals surface area (Å²) in [5.41, 5.74) is 0. The smallest absolute Gasteiger partial charge is 0.267 e. The van der Waals surface area contributed by atoms with Crippen molar-refractivity contribution in [1.29, 1.82) is 0 Å². The van der Waals surface area contributed by atoms with Crippen molar-refractivity contribution in [3.05, 3.63) is 0 Å². The first-order chi connectivity index (χ1) is 4.62. The second-order valence-electron chi connectivity index (χ2n) is 1.71. The molecule has 0 heterocycles. The quantitative estimate of drug-likeness (QED) is 0.365. The summed E-state index contributed by atoms with van der Waals surface area (Å²) in [6, 6.07) is 0. The SMILES string of the molecule is CCS(=O)(=O)OCCCCl. The molecule has 0 aliphatic heterocycles. The first kappa shape index (κ1) is 10.2. The van der Waals surface area contributed by atoms with Gasteiger partial charge in [0.05, 0.1) is 12.4 Å². The van der Waals surface area contributed by atoms with E-state index in [1.54, 1.807) is 0 Å². The number of halogens is 1. The zero-order chi connectivity index (χ0) is 8.04. The van der Waals surface area contributed by atoms with Gasteiger partial charge in [0.1, 0.15) is 0 Å². The largest absolute Gasteiger partial charge is 0.270 e. The van der Waals surface area contributed by atoms with Crippen LogP contribution in [0.25, 0.3) is 0 Å². The van der Waals surface area contributed by atoms with Crippen LogP contribution in [0, 0.1) is 0 Å². The lowest BCUT2D eigenvalue weighted by Gasteiger charge is -1.99. The fourth-order valence-electron chi connectivity index (χ4n) is 0.324. The van der Waals surface area contributed by atoms with Crippen molar-refractivity contribution >= 4 is 21.7 Å². The first-order valence-corrected chi connectivity index (χ1v) is 5.16. The Kier molecular flexibility index (Phi) is 5.03. The van der Waals surface area contributed by atoms with Gasteiger partial charge in [-0.3, -0.25) is 4.18 Å².